The second-order valence-electron chi connectivity index (χ2n) is 14.8. The third-order valence-corrected chi connectivity index (χ3v) is 10.7. The van der Waals surface area contributed by atoms with Crippen LogP contribution < -0.4 is 16.0 Å². The van der Waals surface area contributed by atoms with E-state index < -0.39 is 11.6 Å². The van der Waals surface area contributed by atoms with E-state index in [1.807, 2.05) is 32.9 Å². The summed E-state index contributed by atoms with van der Waals surface area (Å²) >= 11 is 0. The number of aliphatic imine (C=N–C) groups is 1. The lowest BCUT2D eigenvalue weighted by Gasteiger charge is -2.61. The third kappa shape index (κ3) is 5.91. The second-order valence-corrected chi connectivity index (χ2v) is 14.8. The van der Waals surface area contributed by atoms with Crippen LogP contribution in [0.15, 0.2) is 58.6 Å². The molecule has 1 N–H and O–H groups in total. The van der Waals surface area contributed by atoms with Crippen LogP contribution in [0.1, 0.15) is 59.9 Å². The van der Waals surface area contributed by atoms with E-state index in [9.17, 15) is 19.1 Å². The minimum atomic E-state index is -1.16. The summed E-state index contributed by atoms with van der Waals surface area (Å²) in [6.07, 6.45) is 3.29. The molecule has 4 atom stereocenters. The summed E-state index contributed by atoms with van der Waals surface area (Å²) in [6, 6.07) is 11.8. The molecule has 0 radical (unpaired) electrons. The lowest BCUT2D eigenvalue weighted by atomic mass is 9.45. The van der Waals surface area contributed by atoms with Gasteiger partial charge in [0.05, 0.1) is 29.3 Å². The molecule has 240 valence electrons. The topological polar surface area (TPSA) is 106 Å². The number of guanidine groups is 1. The molecule has 4 fully saturated rings. The first-order chi connectivity index (χ1) is 21.2. The molecule has 3 aromatic rings. The van der Waals surface area contributed by atoms with Crippen molar-refractivity contribution in [2.24, 2.45) is 28.2 Å². The van der Waals surface area contributed by atoms with Crippen LogP contribution in [0.3, 0.4) is 0 Å². The first-order valence-electron chi connectivity index (χ1n) is 16.1. The van der Waals surface area contributed by atoms with Gasteiger partial charge in [0.15, 0.2) is 5.96 Å². The van der Waals surface area contributed by atoms with E-state index in [1.165, 1.54) is 23.5 Å². The van der Waals surface area contributed by atoms with Crippen molar-refractivity contribution >= 4 is 28.6 Å². The van der Waals surface area contributed by atoms with Gasteiger partial charge >= 0.3 is 0 Å². The Balaban J connectivity index is 1.23. The first-order valence-corrected chi connectivity index (χ1v) is 16.1. The fraction of sp³-hybridized carbons (Fsp3) is 0.543. The Kier molecular flexibility index (Phi) is 7.90. The molecular formula is C35H44FN6O3-. The summed E-state index contributed by atoms with van der Waals surface area (Å²) in [5.74, 6) is 2.18. The molecule has 2 bridgehead atoms. The average Bonchev–Trinajstić information content (AvgIpc) is 2.94. The molecule has 2 heterocycles. The maximum Gasteiger partial charge on any atom is 0.261 e. The number of likely N-dealkylation sites (tertiary alicyclic amines) is 1. The summed E-state index contributed by atoms with van der Waals surface area (Å²) < 4.78 is 14.8. The number of halogens is 1. The van der Waals surface area contributed by atoms with Gasteiger partial charge in [-0.1, -0.05) is 32.9 Å². The van der Waals surface area contributed by atoms with Gasteiger partial charge < -0.3 is 25.0 Å². The molecule has 0 spiro atoms. The van der Waals surface area contributed by atoms with Gasteiger partial charge in [0.25, 0.3) is 5.56 Å². The molecular weight excluding hydrogens is 571 g/mol. The number of carbonyl (C=O) groups is 1. The number of amides is 1. The number of fused-ring (bicyclic) bond motifs is 3. The second kappa shape index (κ2) is 11.4. The van der Waals surface area contributed by atoms with Crippen molar-refractivity contribution in [3.05, 3.63) is 70.5 Å². The van der Waals surface area contributed by atoms with E-state index in [-0.39, 0.29) is 23.5 Å². The number of anilines is 1. The highest BCUT2D eigenvalue weighted by molar-refractivity contribution is 5.96. The van der Waals surface area contributed by atoms with E-state index in [1.54, 1.807) is 29.1 Å². The van der Waals surface area contributed by atoms with E-state index in [4.69, 9.17) is 4.99 Å². The van der Waals surface area contributed by atoms with Crippen molar-refractivity contribution in [2.45, 2.75) is 85.0 Å². The van der Waals surface area contributed by atoms with Crippen molar-refractivity contribution in [3.8, 4) is 0 Å². The Hall–Kier alpha value is -3.95. The number of aryl methyl sites for hydroxylation is 2. The van der Waals surface area contributed by atoms with E-state index in [0.29, 0.717) is 60.1 Å². The predicted octanol–water partition coefficient (Wildman–Crippen LogP) is 4.74. The molecule has 3 saturated carbocycles. The maximum atomic E-state index is 13.3. The van der Waals surface area contributed by atoms with E-state index >= 15 is 0 Å². The quantitative estimate of drug-likeness (QED) is 0.317. The molecule has 2 aromatic carbocycles. The van der Waals surface area contributed by atoms with Gasteiger partial charge in [-0.2, -0.15) is 0 Å². The lowest BCUT2D eigenvalue weighted by molar-refractivity contribution is -0.275. The molecule has 1 saturated heterocycles. The van der Waals surface area contributed by atoms with Crippen LogP contribution in [-0.2, 0) is 13.0 Å². The zero-order chi connectivity index (χ0) is 32.3. The fourth-order valence-corrected chi connectivity index (χ4v) is 7.83. The standard InChI is InChI=1S/C35H45FN6O3/c1-21-28-15-23(35(28,5)6)16-29(21)39-32(41-18-26(19-41)42(33(44)45)34(2,3)4)38-25-11-12-27-30(17-25)37-20-40(31(27)43)14-13-22-7-9-24(36)10-8-22/h7-12,17,20-21,23,26,28-29H,13-16,18-19H2,1-6H3,(H,38,39)(H,44,45)/p-1/t21-,23+,28-,29-/m0/s1. The van der Waals surface area contributed by atoms with Gasteiger partial charge in [0, 0.05) is 30.9 Å². The lowest BCUT2D eigenvalue weighted by Crippen LogP contribution is -2.69. The molecule has 1 aromatic heterocycles. The number of hydrogen-bond donors (Lipinski definition) is 1. The van der Waals surface area contributed by atoms with E-state index in [0.717, 1.165) is 23.6 Å². The maximum absolute atomic E-state index is 13.3. The molecule has 3 aliphatic carbocycles. The summed E-state index contributed by atoms with van der Waals surface area (Å²) in [7, 11) is 0. The molecule has 1 aliphatic heterocycles. The Morgan fingerprint density at radius 1 is 1.16 bits per heavy atom. The van der Waals surface area contributed by atoms with Crippen molar-refractivity contribution in [2.75, 3.05) is 18.4 Å². The summed E-state index contributed by atoms with van der Waals surface area (Å²) in [6.45, 7) is 14.2. The minimum Gasteiger partial charge on any atom is -0.530 e. The van der Waals surface area contributed by atoms with Gasteiger partial charge in [0.1, 0.15) is 11.9 Å². The number of hydrogen-bond acceptors (Lipinski definition) is 5. The number of nitrogens with one attached hydrogen (secondary N) is 1. The summed E-state index contributed by atoms with van der Waals surface area (Å²) in [5, 5.41) is 16.0. The molecule has 9 nitrogen and oxygen atoms in total. The zero-order valence-corrected chi connectivity index (χ0v) is 27.1. The van der Waals surface area contributed by atoms with Gasteiger partial charge in [-0.05, 0) is 99.1 Å². The smallest absolute Gasteiger partial charge is 0.261 e. The van der Waals surface area contributed by atoms with Crippen molar-refractivity contribution in [3.63, 3.8) is 0 Å². The normalized spacial score (nSPS) is 24.6. The average molecular weight is 616 g/mol. The van der Waals surface area contributed by atoms with Crippen molar-refractivity contribution < 1.29 is 14.3 Å². The third-order valence-electron chi connectivity index (χ3n) is 10.7. The number of aromatic nitrogens is 2. The van der Waals surface area contributed by atoms with Gasteiger partial charge in [-0.15, -0.1) is 0 Å². The minimum absolute atomic E-state index is 0.129. The van der Waals surface area contributed by atoms with Gasteiger partial charge in [0.2, 0.25) is 0 Å². The Morgan fingerprint density at radius 2 is 1.87 bits per heavy atom. The van der Waals surface area contributed by atoms with Crippen LogP contribution in [0.4, 0.5) is 14.9 Å². The van der Waals surface area contributed by atoms with Gasteiger partial charge in [-0.25, -0.2) is 14.4 Å². The molecule has 10 heteroatoms. The largest absolute Gasteiger partial charge is 0.530 e. The van der Waals surface area contributed by atoms with Crippen LogP contribution in [0.25, 0.3) is 10.9 Å². The molecule has 7 rings (SSSR count). The number of carbonyl (C=O) groups excluding carboxylic acids is 1. The SMILES string of the molecule is C[C@@H]1[C@@H](N=C(Nc2ccc3c(=O)n(CCc4ccc(F)cc4)cnc3c2)N2CC(N(C(=O)[O-])C(C)(C)C)C2)C[C@H]2C[C@@H]1C2(C)C. The number of carboxylic acid groups (broad SMARTS) is 1. The molecule has 0 unspecified atom stereocenters. The summed E-state index contributed by atoms with van der Waals surface area (Å²) in [4.78, 5) is 38.7. The number of rotatable bonds is 6. The fourth-order valence-electron chi connectivity index (χ4n) is 7.83. The highest BCUT2D eigenvalue weighted by Gasteiger charge is 2.56. The number of nitrogens with zero attached hydrogens (tertiary/aromatic N) is 5. The number of benzene rings is 2. The van der Waals surface area contributed by atoms with Crippen molar-refractivity contribution in [1.82, 2.24) is 19.4 Å². The zero-order valence-electron chi connectivity index (χ0n) is 27.1. The first kappa shape index (κ1) is 31.0. The van der Waals surface area contributed by atoms with Crippen LogP contribution in [-0.4, -0.2) is 62.1 Å². The predicted molar refractivity (Wildman–Crippen MR) is 172 cm³/mol. The monoisotopic (exact) mass is 615 g/mol. The summed E-state index contributed by atoms with van der Waals surface area (Å²) in [5.41, 5.74) is 1.94. The van der Waals surface area contributed by atoms with Crippen molar-refractivity contribution in [1.29, 1.82) is 0 Å². The Morgan fingerprint density at radius 3 is 2.49 bits per heavy atom. The molecule has 4 aliphatic rings. The Labute approximate surface area is 264 Å². The van der Waals surface area contributed by atoms with E-state index in [2.05, 4.69) is 36.0 Å². The van der Waals surface area contributed by atoms with Crippen LogP contribution in [0.2, 0.25) is 0 Å². The Bertz CT molecular complexity index is 1670. The van der Waals surface area contributed by atoms with Crippen LogP contribution in [0.5, 0.6) is 0 Å². The highest BCUT2D eigenvalue weighted by Crippen LogP contribution is 2.61. The highest BCUT2D eigenvalue weighted by atomic mass is 19.1. The van der Waals surface area contributed by atoms with Gasteiger partial charge in [-0.3, -0.25) is 9.36 Å². The van der Waals surface area contributed by atoms with Crippen LogP contribution in [0, 0.1) is 29.0 Å². The molecule has 1 amide bonds. The molecule has 45 heavy (non-hydrogen) atoms. The van der Waals surface area contributed by atoms with Crippen LogP contribution >= 0.6 is 0 Å².